The molecule has 0 aliphatic heterocycles. The summed E-state index contributed by atoms with van der Waals surface area (Å²) in [6, 6.07) is 1.95. The Balaban J connectivity index is 2.41. The van der Waals surface area contributed by atoms with Crippen molar-refractivity contribution in [3.8, 4) is 0 Å². The average Bonchev–Trinajstić information content (AvgIpc) is 2.73. The molecule has 0 atom stereocenters. The molecule has 0 saturated heterocycles. The molecule has 0 saturated carbocycles. The zero-order valence-electron chi connectivity index (χ0n) is 12.2. The molecule has 0 aliphatic carbocycles. The van der Waals surface area contributed by atoms with Crippen LogP contribution in [0.3, 0.4) is 0 Å². The second-order valence-corrected chi connectivity index (χ2v) is 5.85. The number of nitrogens with two attached hydrogens (primary N) is 1. The van der Waals surface area contributed by atoms with Gasteiger partial charge >= 0.3 is 0 Å². The topological polar surface area (TPSA) is 78.9 Å². The van der Waals surface area contributed by atoms with Crippen molar-refractivity contribution in [1.82, 2.24) is 9.97 Å². The second-order valence-electron chi connectivity index (χ2n) is 4.91. The number of nitrogens with zero attached hydrogens (tertiary/aromatic N) is 3. The molecule has 6 heteroatoms. The van der Waals surface area contributed by atoms with E-state index in [0.29, 0.717) is 12.1 Å². The van der Waals surface area contributed by atoms with Gasteiger partial charge in [-0.15, -0.1) is 11.3 Å². The summed E-state index contributed by atoms with van der Waals surface area (Å²) < 4.78 is 0. The van der Waals surface area contributed by atoms with Gasteiger partial charge < -0.3 is 10.6 Å². The second kappa shape index (κ2) is 5.58. The molecule has 0 bridgehead atoms. The lowest BCUT2D eigenvalue weighted by atomic mass is 10.1. The number of hydrogen-bond donors (Lipinski definition) is 2. The van der Waals surface area contributed by atoms with Crippen LogP contribution >= 0.6 is 11.3 Å². The number of aryl methyl sites for hydroxylation is 3. The SMILES string of the molecule is Cc1cc(C)c(C(=N)N)c(N(C)Cc2scnc2C)n1. The van der Waals surface area contributed by atoms with Gasteiger partial charge in [-0.25, -0.2) is 9.97 Å². The number of thiazole rings is 1. The molecule has 2 heterocycles. The monoisotopic (exact) mass is 289 g/mol. The van der Waals surface area contributed by atoms with Crippen LogP contribution in [0.15, 0.2) is 11.6 Å². The van der Waals surface area contributed by atoms with Gasteiger partial charge in [-0.3, -0.25) is 5.41 Å². The summed E-state index contributed by atoms with van der Waals surface area (Å²) in [6.07, 6.45) is 0. The highest BCUT2D eigenvalue weighted by molar-refractivity contribution is 7.09. The summed E-state index contributed by atoms with van der Waals surface area (Å²) in [5, 5.41) is 7.77. The first-order valence-corrected chi connectivity index (χ1v) is 7.21. The maximum Gasteiger partial charge on any atom is 0.140 e. The lowest BCUT2D eigenvalue weighted by Gasteiger charge is -2.22. The number of anilines is 1. The molecule has 0 aliphatic rings. The fourth-order valence-electron chi connectivity index (χ4n) is 2.19. The van der Waals surface area contributed by atoms with E-state index in [-0.39, 0.29) is 5.84 Å². The van der Waals surface area contributed by atoms with E-state index < -0.39 is 0 Å². The molecule has 3 N–H and O–H groups in total. The van der Waals surface area contributed by atoms with E-state index in [1.165, 1.54) is 4.88 Å². The summed E-state index contributed by atoms with van der Waals surface area (Å²) in [4.78, 5) is 12.0. The molecule has 0 amide bonds. The molecule has 106 valence electrons. The Morgan fingerprint density at radius 1 is 1.40 bits per heavy atom. The molecule has 2 aromatic heterocycles. The molecule has 2 rings (SSSR count). The Bertz CT molecular complexity index is 647. The molecule has 20 heavy (non-hydrogen) atoms. The molecule has 0 unspecified atom stereocenters. The highest BCUT2D eigenvalue weighted by atomic mass is 32.1. The minimum atomic E-state index is 0.0536. The fourth-order valence-corrected chi connectivity index (χ4v) is 3.02. The highest BCUT2D eigenvalue weighted by Crippen LogP contribution is 2.24. The number of hydrogen-bond acceptors (Lipinski definition) is 5. The van der Waals surface area contributed by atoms with Crippen LogP contribution < -0.4 is 10.6 Å². The quantitative estimate of drug-likeness (QED) is 0.669. The Kier molecular flexibility index (Phi) is 4.04. The van der Waals surface area contributed by atoms with Gasteiger partial charge in [-0.1, -0.05) is 0 Å². The normalized spacial score (nSPS) is 10.6. The number of nitrogen functional groups attached to an aromatic ring is 1. The van der Waals surface area contributed by atoms with E-state index in [9.17, 15) is 0 Å². The van der Waals surface area contributed by atoms with Gasteiger partial charge in [0.25, 0.3) is 0 Å². The minimum Gasteiger partial charge on any atom is -0.384 e. The van der Waals surface area contributed by atoms with Crippen LogP contribution in [-0.2, 0) is 6.54 Å². The third-order valence-corrected chi connectivity index (χ3v) is 4.10. The number of nitrogens with one attached hydrogen (secondary N) is 1. The first-order valence-electron chi connectivity index (χ1n) is 6.33. The third-order valence-electron chi connectivity index (χ3n) is 3.18. The van der Waals surface area contributed by atoms with E-state index >= 15 is 0 Å². The van der Waals surface area contributed by atoms with Crippen molar-refractivity contribution in [2.45, 2.75) is 27.3 Å². The highest BCUT2D eigenvalue weighted by Gasteiger charge is 2.16. The van der Waals surface area contributed by atoms with Gasteiger partial charge in [0.05, 0.1) is 23.3 Å². The molecule has 2 aromatic rings. The summed E-state index contributed by atoms with van der Waals surface area (Å²) in [5.41, 5.74) is 11.2. The molecule has 0 radical (unpaired) electrons. The number of rotatable bonds is 4. The van der Waals surface area contributed by atoms with Gasteiger partial charge in [-0.2, -0.15) is 0 Å². The van der Waals surface area contributed by atoms with E-state index in [1.807, 2.05) is 44.3 Å². The number of pyridine rings is 1. The van der Waals surface area contributed by atoms with Crippen LogP contribution in [0.1, 0.15) is 27.4 Å². The Labute approximate surface area is 123 Å². The van der Waals surface area contributed by atoms with Gasteiger partial charge in [0.1, 0.15) is 11.7 Å². The lowest BCUT2D eigenvalue weighted by molar-refractivity contribution is 0.890. The van der Waals surface area contributed by atoms with Gasteiger partial charge in [-0.05, 0) is 32.4 Å². The molecule has 5 nitrogen and oxygen atoms in total. The standard InChI is InChI=1S/C14H19N5S/c1-8-5-9(2)18-14(12(8)13(15)16)19(4)6-11-10(3)17-7-20-11/h5,7H,6H2,1-4H3,(H3,15,16). The van der Waals surface area contributed by atoms with Crippen molar-refractivity contribution in [2.75, 3.05) is 11.9 Å². The van der Waals surface area contributed by atoms with E-state index in [1.54, 1.807) is 11.3 Å². The lowest BCUT2D eigenvalue weighted by Crippen LogP contribution is -2.24. The van der Waals surface area contributed by atoms with Crippen molar-refractivity contribution in [3.63, 3.8) is 0 Å². The minimum absolute atomic E-state index is 0.0536. The van der Waals surface area contributed by atoms with Crippen molar-refractivity contribution in [1.29, 1.82) is 5.41 Å². The van der Waals surface area contributed by atoms with E-state index in [0.717, 1.165) is 22.8 Å². The van der Waals surface area contributed by atoms with Crippen LogP contribution in [0.2, 0.25) is 0 Å². The zero-order chi connectivity index (χ0) is 14.9. The maximum absolute atomic E-state index is 7.77. The average molecular weight is 289 g/mol. The molecule has 0 aromatic carbocycles. The van der Waals surface area contributed by atoms with Gasteiger partial charge in [0.2, 0.25) is 0 Å². The predicted octanol–water partition coefficient (Wildman–Crippen LogP) is 2.38. The Morgan fingerprint density at radius 3 is 2.65 bits per heavy atom. The Hall–Kier alpha value is -1.95. The van der Waals surface area contributed by atoms with Crippen LogP contribution in [0.5, 0.6) is 0 Å². The maximum atomic E-state index is 7.77. The number of amidine groups is 1. The summed E-state index contributed by atoms with van der Waals surface area (Å²) in [5.74, 6) is 0.806. The largest absolute Gasteiger partial charge is 0.384 e. The molecule has 0 fully saturated rings. The number of aromatic nitrogens is 2. The predicted molar refractivity (Wildman–Crippen MR) is 83.7 cm³/mol. The van der Waals surface area contributed by atoms with Crippen molar-refractivity contribution in [2.24, 2.45) is 5.73 Å². The van der Waals surface area contributed by atoms with E-state index in [2.05, 4.69) is 9.97 Å². The summed E-state index contributed by atoms with van der Waals surface area (Å²) >= 11 is 1.63. The zero-order valence-corrected chi connectivity index (χ0v) is 13.0. The van der Waals surface area contributed by atoms with Crippen LogP contribution in [0.4, 0.5) is 5.82 Å². The Morgan fingerprint density at radius 2 is 2.10 bits per heavy atom. The van der Waals surface area contributed by atoms with E-state index in [4.69, 9.17) is 11.1 Å². The molecular weight excluding hydrogens is 270 g/mol. The van der Waals surface area contributed by atoms with Crippen molar-refractivity contribution >= 4 is 23.0 Å². The summed E-state index contributed by atoms with van der Waals surface area (Å²) in [7, 11) is 1.97. The van der Waals surface area contributed by atoms with Crippen LogP contribution in [0.25, 0.3) is 0 Å². The van der Waals surface area contributed by atoms with Crippen LogP contribution in [0, 0.1) is 26.2 Å². The first kappa shape index (κ1) is 14.5. The fraction of sp³-hybridized carbons (Fsp3) is 0.357. The molecular formula is C14H19N5S. The smallest absolute Gasteiger partial charge is 0.140 e. The molecule has 0 spiro atoms. The van der Waals surface area contributed by atoms with Crippen molar-refractivity contribution in [3.05, 3.63) is 39.0 Å². The summed E-state index contributed by atoms with van der Waals surface area (Å²) in [6.45, 7) is 6.63. The first-order chi connectivity index (χ1) is 9.40. The van der Waals surface area contributed by atoms with Crippen LogP contribution in [-0.4, -0.2) is 22.9 Å². The van der Waals surface area contributed by atoms with Gasteiger partial charge in [0.15, 0.2) is 0 Å². The third kappa shape index (κ3) is 2.80. The van der Waals surface area contributed by atoms with Gasteiger partial charge in [0, 0.05) is 17.6 Å². The van der Waals surface area contributed by atoms with Crippen molar-refractivity contribution < 1.29 is 0 Å².